The molecule has 1 fully saturated rings. The van der Waals surface area contributed by atoms with E-state index in [0.717, 1.165) is 44.8 Å². The van der Waals surface area contributed by atoms with Crippen molar-refractivity contribution in [2.24, 2.45) is 0 Å². The molecule has 19 heavy (non-hydrogen) atoms. The van der Waals surface area contributed by atoms with E-state index in [-0.39, 0.29) is 0 Å². The summed E-state index contributed by atoms with van der Waals surface area (Å²) in [6, 6.07) is 2.79. The van der Waals surface area contributed by atoms with Crippen molar-refractivity contribution in [3.63, 3.8) is 0 Å². The average molecular weight is 265 g/mol. The third-order valence-electron chi connectivity index (χ3n) is 3.66. The third kappa shape index (κ3) is 4.96. The van der Waals surface area contributed by atoms with Gasteiger partial charge in [-0.3, -0.25) is 4.68 Å². The second-order valence-corrected chi connectivity index (χ2v) is 5.37. The van der Waals surface area contributed by atoms with Crippen LogP contribution in [0.2, 0.25) is 0 Å². The Labute approximate surface area is 116 Å². The predicted molar refractivity (Wildman–Crippen MR) is 77.2 cm³/mol. The van der Waals surface area contributed by atoms with Crippen molar-refractivity contribution in [2.45, 2.75) is 58.0 Å². The van der Waals surface area contributed by atoms with E-state index in [1.165, 1.54) is 25.7 Å². The molecule has 0 bridgehead atoms. The van der Waals surface area contributed by atoms with E-state index in [2.05, 4.69) is 34.3 Å². The van der Waals surface area contributed by atoms with Gasteiger partial charge in [0.05, 0.1) is 11.7 Å². The quantitative estimate of drug-likeness (QED) is 0.698. The molecule has 0 radical (unpaired) electrons. The van der Waals surface area contributed by atoms with Crippen LogP contribution in [-0.4, -0.2) is 29.5 Å². The van der Waals surface area contributed by atoms with Crippen molar-refractivity contribution in [1.82, 2.24) is 15.1 Å². The van der Waals surface area contributed by atoms with E-state index in [1.807, 2.05) is 0 Å². The minimum absolute atomic E-state index is 0.649. The maximum absolute atomic E-state index is 5.45. The molecule has 1 aromatic rings. The van der Waals surface area contributed by atoms with E-state index in [4.69, 9.17) is 4.74 Å². The Morgan fingerprint density at radius 3 is 3.00 bits per heavy atom. The molecule has 1 heterocycles. The summed E-state index contributed by atoms with van der Waals surface area (Å²) in [6.07, 6.45) is 9.62. The Balaban J connectivity index is 1.58. The predicted octanol–water partition coefficient (Wildman–Crippen LogP) is 2.90. The standard InChI is InChI=1S/C15H27N3O/c1-2-11-19-12-5-9-16-13-14-8-10-18(17-14)15-6-3-4-7-15/h8,10,15-16H,2-7,9,11-13H2,1H3. The second kappa shape index (κ2) is 8.33. The summed E-state index contributed by atoms with van der Waals surface area (Å²) >= 11 is 0. The molecule has 0 amide bonds. The first-order valence-electron chi connectivity index (χ1n) is 7.72. The highest BCUT2D eigenvalue weighted by Crippen LogP contribution is 2.28. The number of ether oxygens (including phenoxy) is 1. The number of nitrogens with one attached hydrogen (secondary N) is 1. The molecule has 0 unspecified atom stereocenters. The fraction of sp³-hybridized carbons (Fsp3) is 0.800. The van der Waals surface area contributed by atoms with Crippen LogP contribution in [0.4, 0.5) is 0 Å². The van der Waals surface area contributed by atoms with Crippen LogP contribution in [0.15, 0.2) is 12.3 Å². The molecule has 1 aromatic heterocycles. The largest absolute Gasteiger partial charge is 0.381 e. The lowest BCUT2D eigenvalue weighted by Crippen LogP contribution is -2.17. The monoisotopic (exact) mass is 265 g/mol. The van der Waals surface area contributed by atoms with Gasteiger partial charge in [0, 0.05) is 26.0 Å². The lowest BCUT2D eigenvalue weighted by molar-refractivity contribution is 0.132. The number of aromatic nitrogens is 2. The first-order valence-corrected chi connectivity index (χ1v) is 7.72. The summed E-state index contributed by atoms with van der Waals surface area (Å²) in [5, 5.41) is 8.09. The van der Waals surface area contributed by atoms with E-state index in [1.54, 1.807) is 0 Å². The Bertz CT molecular complexity index is 345. The minimum atomic E-state index is 0.649. The molecule has 1 saturated carbocycles. The third-order valence-corrected chi connectivity index (χ3v) is 3.66. The average Bonchev–Trinajstić information content (AvgIpc) is 3.08. The fourth-order valence-corrected chi connectivity index (χ4v) is 2.61. The van der Waals surface area contributed by atoms with Crippen LogP contribution in [0.5, 0.6) is 0 Å². The maximum Gasteiger partial charge on any atom is 0.0762 e. The Kier molecular flexibility index (Phi) is 6.37. The van der Waals surface area contributed by atoms with Gasteiger partial charge >= 0.3 is 0 Å². The molecule has 108 valence electrons. The molecule has 4 heteroatoms. The summed E-state index contributed by atoms with van der Waals surface area (Å²) < 4.78 is 7.61. The van der Waals surface area contributed by atoms with Gasteiger partial charge in [-0.1, -0.05) is 19.8 Å². The van der Waals surface area contributed by atoms with E-state index < -0.39 is 0 Å². The Morgan fingerprint density at radius 1 is 1.37 bits per heavy atom. The SMILES string of the molecule is CCCOCCCNCc1ccn(C2CCCC2)n1. The zero-order valence-corrected chi connectivity index (χ0v) is 12.1. The van der Waals surface area contributed by atoms with Gasteiger partial charge in [-0.2, -0.15) is 5.10 Å². The summed E-state index contributed by atoms with van der Waals surface area (Å²) in [5.74, 6) is 0. The van der Waals surface area contributed by atoms with Crippen molar-refractivity contribution >= 4 is 0 Å². The topological polar surface area (TPSA) is 39.1 Å². The Morgan fingerprint density at radius 2 is 2.21 bits per heavy atom. The smallest absolute Gasteiger partial charge is 0.0762 e. The molecule has 2 rings (SSSR count). The fourth-order valence-electron chi connectivity index (χ4n) is 2.61. The van der Waals surface area contributed by atoms with Gasteiger partial charge in [-0.05, 0) is 38.3 Å². The molecule has 1 N–H and O–H groups in total. The van der Waals surface area contributed by atoms with Crippen LogP contribution in [0, 0.1) is 0 Å². The second-order valence-electron chi connectivity index (χ2n) is 5.37. The van der Waals surface area contributed by atoms with Gasteiger partial charge in [0.25, 0.3) is 0 Å². The lowest BCUT2D eigenvalue weighted by Gasteiger charge is -2.09. The van der Waals surface area contributed by atoms with Crippen molar-refractivity contribution < 1.29 is 4.74 Å². The first-order chi connectivity index (χ1) is 9.40. The highest BCUT2D eigenvalue weighted by molar-refractivity contribution is 4.99. The van der Waals surface area contributed by atoms with Crippen LogP contribution in [0.3, 0.4) is 0 Å². The van der Waals surface area contributed by atoms with Crippen LogP contribution in [0.25, 0.3) is 0 Å². The summed E-state index contributed by atoms with van der Waals surface area (Å²) in [5.41, 5.74) is 1.15. The molecular formula is C15H27N3O. The van der Waals surface area contributed by atoms with Crippen LogP contribution < -0.4 is 5.32 Å². The van der Waals surface area contributed by atoms with E-state index in [0.29, 0.717) is 6.04 Å². The van der Waals surface area contributed by atoms with Crippen molar-refractivity contribution in [3.05, 3.63) is 18.0 Å². The normalized spacial score (nSPS) is 16.3. The highest BCUT2D eigenvalue weighted by atomic mass is 16.5. The van der Waals surface area contributed by atoms with Gasteiger partial charge in [-0.25, -0.2) is 0 Å². The zero-order valence-electron chi connectivity index (χ0n) is 12.1. The van der Waals surface area contributed by atoms with Crippen LogP contribution in [-0.2, 0) is 11.3 Å². The number of hydrogen-bond acceptors (Lipinski definition) is 3. The van der Waals surface area contributed by atoms with Gasteiger partial charge < -0.3 is 10.1 Å². The molecule has 0 spiro atoms. The van der Waals surface area contributed by atoms with E-state index in [9.17, 15) is 0 Å². The van der Waals surface area contributed by atoms with Crippen molar-refractivity contribution in [2.75, 3.05) is 19.8 Å². The lowest BCUT2D eigenvalue weighted by atomic mass is 10.3. The van der Waals surface area contributed by atoms with Gasteiger partial charge in [0.1, 0.15) is 0 Å². The molecule has 0 atom stereocenters. The molecule has 0 aliphatic heterocycles. The molecule has 4 nitrogen and oxygen atoms in total. The van der Waals surface area contributed by atoms with Crippen LogP contribution >= 0.6 is 0 Å². The van der Waals surface area contributed by atoms with Crippen molar-refractivity contribution in [1.29, 1.82) is 0 Å². The molecular weight excluding hydrogens is 238 g/mol. The summed E-state index contributed by atoms with van der Waals surface area (Å²) in [6.45, 7) is 5.75. The molecule has 1 aliphatic carbocycles. The molecule has 0 saturated heterocycles. The van der Waals surface area contributed by atoms with Gasteiger partial charge in [0.15, 0.2) is 0 Å². The van der Waals surface area contributed by atoms with Gasteiger partial charge in [0.2, 0.25) is 0 Å². The van der Waals surface area contributed by atoms with Crippen molar-refractivity contribution in [3.8, 4) is 0 Å². The number of hydrogen-bond donors (Lipinski definition) is 1. The minimum Gasteiger partial charge on any atom is -0.381 e. The number of rotatable bonds is 9. The van der Waals surface area contributed by atoms with E-state index >= 15 is 0 Å². The zero-order chi connectivity index (χ0) is 13.3. The Hall–Kier alpha value is -0.870. The molecule has 0 aromatic carbocycles. The van der Waals surface area contributed by atoms with Gasteiger partial charge in [-0.15, -0.1) is 0 Å². The number of nitrogens with zero attached hydrogens (tertiary/aromatic N) is 2. The summed E-state index contributed by atoms with van der Waals surface area (Å²) in [4.78, 5) is 0. The highest BCUT2D eigenvalue weighted by Gasteiger charge is 2.17. The summed E-state index contributed by atoms with van der Waals surface area (Å²) in [7, 11) is 0. The van der Waals surface area contributed by atoms with Crippen LogP contribution in [0.1, 0.15) is 57.2 Å². The molecule has 1 aliphatic rings. The maximum atomic E-state index is 5.45. The first kappa shape index (κ1) is 14.5.